The van der Waals surface area contributed by atoms with Crippen molar-refractivity contribution in [1.29, 1.82) is 0 Å². The number of halogens is 1. The fourth-order valence-electron chi connectivity index (χ4n) is 2.88. The van der Waals surface area contributed by atoms with Crippen LogP contribution in [0.1, 0.15) is 22.8 Å². The van der Waals surface area contributed by atoms with E-state index in [0.29, 0.717) is 4.47 Å². The smallest absolute Gasteiger partial charge is 0.344 e. The van der Waals surface area contributed by atoms with E-state index in [0.717, 1.165) is 4.31 Å². The van der Waals surface area contributed by atoms with Crippen molar-refractivity contribution < 1.29 is 22.7 Å². The van der Waals surface area contributed by atoms with Gasteiger partial charge in [0.2, 0.25) is 0 Å². The lowest BCUT2D eigenvalue weighted by Crippen LogP contribution is -2.38. The predicted octanol–water partition coefficient (Wildman–Crippen LogP) is 3.75. The molecule has 0 unspecified atom stereocenters. The zero-order valence-electron chi connectivity index (χ0n) is 14.9. The van der Waals surface area contributed by atoms with Crippen molar-refractivity contribution in [3.8, 4) is 0 Å². The third kappa shape index (κ3) is 3.41. The van der Waals surface area contributed by atoms with Crippen LogP contribution in [0.15, 0.2) is 76.3 Å². The summed E-state index contributed by atoms with van der Waals surface area (Å²) in [5.74, 6) is -1.36. The number of benzene rings is 2. The summed E-state index contributed by atoms with van der Waals surface area (Å²) < 4.78 is 33.0. The van der Waals surface area contributed by atoms with Crippen LogP contribution in [0.4, 0.5) is 0 Å². The van der Waals surface area contributed by atoms with Gasteiger partial charge in [-0.25, -0.2) is 13.2 Å². The first kappa shape index (κ1) is 20.0. The zero-order valence-corrected chi connectivity index (χ0v) is 17.3. The first-order chi connectivity index (χ1) is 13.3. The molecule has 28 heavy (non-hydrogen) atoms. The summed E-state index contributed by atoms with van der Waals surface area (Å²) in [5.41, 5.74) is 0.200. The van der Waals surface area contributed by atoms with Gasteiger partial charge in [0.05, 0.1) is 17.0 Å². The molecule has 1 aliphatic rings. The third-order valence-electron chi connectivity index (χ3n) is 4.08. The highest BCUT2D eigenvalue weighted by molar-refractivity contribution is 9.10. The Morgan fingerprint density at radius 3 is 2.43 bits per heavy atom. The van der Waals surface area contributed by atoms with Gasteiger partial charge in [0.25, 0.3) is 10.0 Å². The molecule has 0 N–H and O–H groups in total. The summed E-state index contributed by atoms with van der Waals surface area (Å²) in [6.07, 6.45) is 1.36. The second-order valence-electron chi connectivity index (χ2n) is 5.92. The van der Waals surface area contributed by atoms with Crippen molar-refractivity contribution in [2.45, 2.75) is 11.8 Å². The molecule has 0 fully saturated rings. The number of ether oxygens (including phenoxy) is 1. The molecule has 8 heteroatoms. The van der Waals surface area contributed by atoms with E-state index in [-0.39, 0.29) is 34.0 Å². The molecule has 1 aliphatic heterocycles. The van der Waals surface area contributed by atoms with Crippen LogP contribution in [0.5, 0.6) is 0 Å². The quantitative estimate of drug-likeness (QED) is 0.500. The molecule has 0 atom stereocenters. The van der Waals surface area contributed by atoms with Gasteiger partial charge in [-0.15, -0.1) is 6.58 Å². The van der Waals surface area contributed by atoms with E-state index in [2.05, 4.69) is 22.5 Å². The van der Waals surface area contributed by atoms with Crippen LogP contribution in [-0.2, 0) is 19.6 Å². The Hall–Kier alpha value is -2.71. The van der Waals surface area contributed by atoms with Crippen molar-refractivity contribution in [3.63, 3.8) is 0 Å². The van der Waals surface area contributed by atoms with Gasteiger partial charge in [0.1, 0.15) is 5.70 Å². The molecule has 0 saturated carbocycles. The molecule has 2 aromatic carbocycles. The maximum atomic E-state index is 13.0. The number of sulfonamides is 1. The third-order valence-corrected chi connectivity index (χ3v) is 6.60. The lowest BCUT2D eigenvalue weighted by Gasteiger charge is -2.31. The number of nitrogens with zero attached hydrogens (tertiary/aromatic N) is 1. The Balaban J connectivity index is 2.23. The Labute approximate surface area is 171 Å². The minimum absolute atomic E-state index is 0.0447. The molecule has 144 valence electrons. The summed E-state index contributed by atoms with van der Waals surface area (Å²) in [6, 6.07) is 12.7. The Morgan fingerprint density at radius 2 is 1.79 bits per heavy atom. The first-order valence-corrected chi connectivity index (χ1v) is 10.5. The molecule has 1 heterocycles. The fourth-order valence-corrected chi connectivity index (χ4v) is 5.01. The highest BCUT2D eigenvalue weighted by Gasteiger charge is 2.39. The number of ketones is 1. The monoisotopic (exact) mass is 461 g/mol. The number of Topliss-reactive ketones (excluding diaryl/α,β-unsaturated/α-hetero) is 1. The van der Waals surface area contributed by atoms with Gasteiger partial charge >= 0.3 is 5.97 Å². The Bertz CT molecular complexity index is 1120. The number of fused-ring (bicyclic) bond motifs is 1. The summed E-state index contributed by atoms with van der Waals surface area (Å²) in [7, 11) is -4.00. The average Bonchev–Trinajstić information content (AvgIpc) is 2.66. The van der Waals surface area contributed by atoms with Crippen molar-refractivity contribution in [2.24, 2.45) is 0 Å². The molecule has 0 saturated heterocycles. The van der Waals surface area contributed by atoms with Gasteiger partial charge in [-0.05, 0) is 40.2 Å². The zero-order chi connectivity index (χ0) is 20.5. The number of carbonyl (C=O) groups excluding carboxylic acids is 2. The molecule has 0 spiro atoms. The lowest BCUT2D eigenvalue weighted by molar-refractivity contribution is -0.114. The highest BCUT2D eigenvalue weighted by Crippen LogP contribution is 2.38. The summed E-state index contributed by atoms with van der Waals surface area (Å²) in [6.45, 7) is 4.65. The molecule has 0 aromatic heterocycles. The second kappa shape index (κ2) is 7.73. The number of esters is 1. The van der Waals surface area contributed by atoms with Gasteiger partial charge in [0.15, 0.2) is 11.5 Å². The molecule has 3 rings (SSSR count). The maximum absolute atomic E-state index is 13.0. The number of allylic oxidation sites excluding steroid dienone is 1. The van der Waals surface area contributed by atoms with Crippen LogP contribution in [0.2, 0.25) is 0 Å². The lowest BCUT2D eigenvalue weighted by atomic mass is 10.1. The van der Waals surface area contributed by atoms with Crippen molar-refractivity contribution in [1.82, 2.24) is 4.31 Å². The van der Waals surface area contributed by atoms with Gasteiger partial charge in [0, 0.05) is 17.0 Å². The van der Waals surface area contributed by atoms with Crippen molar-refractivity contribution in [3.05, 3.63) is 82.5 Å². The summed E-state index contributed by atoms with van der Waals surface area (Å²) in [4.78, 5) is 25.1. The van der Waals surface area contributed by atoms with E-state index in [1.165, 1.54) is 25.1 Å². The largest absolute Gasteiger partial charge is 0.420 e. The number of hydrogen-bond acceptors (Lipinski definition) is 5. The van der Waals surface area contributed by atoms with E-state index < -0.39 is 21.8 Å². The molecule has 0 amide bonds. The number of carbonyl (C=O) groups is 2. The average molecular weight is 462 g/mol. The van der Waals surface area contributed by atoms with E-state index in [9.17, 15) is 18.0 Å². The molecule has 6 nitrogen and oxygen atoms in total. The Morgan fingerprint density at radius 1 is 1.14 bits per heavy atom. The van der Waals surface area contributed by atoms with Gasteiger partial charge in [-0.2, -0.15) is 0 Å². The minimum Gasteiger partial charge on any atom is -0.420 e. The van der Waals surface area contributed by atoms with Crippen LogP contribution < -0.4 is 0 Å². The van der Waals surface area contributed by atoms with Gasteiger partial charge < -0.3 is 4.74 Å². The molecule has 0 bridgehead atoms. The SMILES string of the molecule is C=CCN1C(C(C)=O)=C(OC(=O)c2ccccc2Br)c2ccccc2S1(=O)=O. The topological polar surface area (TPSA) is 80.8 Å². The normalized spacial score (nSPS) is 15.0. The van der Waals surface area contributed by atoms with E-state index in [1.807, 2.05) is 0 Å². The number of hydrogen-bond donors (Lipinski definition) is 0. The molecular formula is C20H16BrNO5S. The maximum Gasteiger partial charge on any atom is 0.344 e. The van der Waals surface area contributed by atoms with Crippen LogP contribution >= 0.6 is 15.9 Å². The van der Waals surface area contributed by atoms with Crippen molar-refractivity contribution >= 4 is 43.5 Å². The Kier molecular flexibility index (Phi) is 5.53. The van der Waals surface area contributed by atoms with E-state index in [4.69, 9.17) is 4.74 Å². The molecule has 2 aromatic rings. The fraction of sp³-hybridized carbons (Fsp3) is 0.100. The standard InChI is InChI=1S/C20H16BrNO5S/c1-3-12-22-18(13(2)23)19(15-9-5-7-11-17(15)28(22,25)26)27-20(24)14-8-4-6-10-16(14)21/h3-11H,1,12H2,2H3. The minimum atomic E-state index is -4.00. The highest BCUT2D eigenvalue weighted by atomic mass is 79.9. The van der Waals surface area contributed by atoms with Crippen LogP contribution in [0.3, 0.4) is 0 Å². The molecule has 0 aliphatic carbocycles. The van der Waals surface area contributed by atoms with Crippen LogP contribution in [0, 0.1) is 0 Å². The molecular weight excluding hydrogens is 446 g/mol. The van der Waals surface area contributed by atoms with Gasteiger partial charge in [-0.3, -0.25) is 9.10 Å². The molecule has 0 radical (unpaired) electrons. The van der Waals surface area contributed by atoms with E-state index in [1.54, 1.807) is 36.4 Å². The summed E-state index contributed by atoms with van der Waals surface area (Å²) in [5, 5.41) is 0. The van der Waals surface area contributed by atoms with Crippen LogP contribution in [0.25, 0.3) is 5.76 Å². The van der Waals surface area contributed by atoms with Crippen LogP contribution in [-0.4, -0.2) is 31.0 Å². The van der Waals surface area contributed by atoms with Crippen molar-refractivity contribution in [2.75, 3.05) is 6.54 Å². The number of rotatable bonds is 5. The van der Waals surface area contributed by atoms with E-state index >= 15 is 0 Å². The predicted molar refractivity (Wildman–Crippen MR) is 108 cm³/mol. The second-order valence-corrected chi connectivity index (χ2v) is 8.61. The first-order valence-electron chi connectivity index (χ1n) is 8.24. The van der Waals surface area contributed by atoms with Gasteiger partial charge in [-0.1, -0.05) is 30.3 Å². The summed E-state index contributed by atoms with van der Waals surface area (Å²) >= 11 is 3.29.